The third-order valence-corrected chi connectivity index (χ3v) is 6.08. The van der Waals surface area contributed by atoms with Gasteiger partial charge in [0.25, 0.3) is 0 Å². The van der Waals surface area contributed by atoms with Crippen molar-refractivity contribution in [3.63, 3.8) is 0 Å². The smallest absolute Gasteiger partial charge is 0.162 e. The number of aliphatic hydroxyl groups excluding tert-OH is 1. The predicted molar refractivity (Wildman–Crippen MR) is 119 cm³/mol. The largest absolute Gasteiger partial charge is 0.491 e. The quantitative estimate of drug-likeness (QED) is 0.603. The lowest BCUT2D eigenvalue weighted by Crippen LogP contribution is -2.38. The molecule has 0 spiro atoms. The van der Waals surface area contributed by atoms with Crippen LogP contribution in [0.15, 0.2) is 42.5 Å². The van der Waals surface area contributed by atoms with Crippen LogP contribution in [0, 0.1) is 6.92 Å². The summed E-state index contributed by atoms with van der Waals surface area (Å²) in [6.45, 7) is 9.12. The highest BCUT2D eigenvalue weighted by atomic mass is 16.5. The molecule has 0 unspecified atom stereocenters. The van der Waals surface area contributed by atoms with Gasteiger partial charge in [0.1, 0.15) is 18.5 Å². The van der Waals surface area contributed by atoms with Crippen LogP contribution in [-0.4, -0.2) is 46.2 Å². The van der Waals surface area contributed by atoms with Gasteiger partial charge in [-0.3, -0.25) is 9.69 Å². The lowest BCUT2D eigenvalue weighted by molar-refractivity contribution is 0.0638. The highest BCUT2D eigenvalue weighted by Crippen LogP contribution is 2.30. The van der Waals surface area contributed by atoms with Gasteiger partial charge in [0.05, 0.1) is 0 Å². The zero-order valence-electron chi connectivity index (χ0n) is 18.0. The summed E-state index contributed by atoms with van der Waals surface area (Å²) in [4.78, 5) is 14.5. The highest BCUT2D eigenvalue weighted by molar-refractivity contribution is 6.08. The van der Waals surface area contributed by atoms with Gasteiger partial charge in [0.2, 0.25) is 0 Å². The van der Waals surface area contributed by atoms with Gasteiger partial charge in [-0.05, 0) is 56.5 Å². The standard InChI is InChI=1S/C25H30N2O3/c1-4-27-17(2)25(18(3)28)23-13-22(9-10-24(23)27)30-16-21(29)15-26-12-11-19-7-5-6-8-20(19)14-26/h5-10,13,21,29H,4,11-12,14-16H2,1-3H3/t21-/m0/s1. The Morgan fingerprint density at radius 1 is 1.20 bits per heavy atom. The first-order valence-corrected chi connectivity index (χ1v) is 10.7. The number of carbonyl (C=O) groups excluding carboxylic acids is 1. The highest BCUT2D eigenvalue weighted by Gasteiger charge is 2.20. The molecule has 5 nitrogen and oxygen atoms in total. The Bertz CT molecular complexity index is 1070. The molecule has 0 amide bonds. The van der Waals surface area contributed by atoms with E-state index in [4.69, 9.17) is 4.74 Å². The summed E-state index contributed by atoms with van der Waals surface area (Å²) in [5.74, 6) is 0.744. The lowest BCUT2D eigenvalue weighted by Gasteiger charge is -2.30. The molecule has 0 aliphatic carbocycles. The van der Waals surface area contributed by atoms with Crippen molar-refractivity contribution in [2.24, 2.45) is 0 Å². The van der Waals surface area contributed by atoms with Crippen LogP contribution in [0.4, 0.5) is 0 Å². The van der Waals surface area contributed by atoms with Gasteiger partial charge in [-0.25, -0.2) is 0 Å². The summed E-state index contributed by atoms with van der Waals surface area (Å²) in [5.41, 5.74) is 5.53. The minimum absolute atomic E-state index is 0.0623. The molecular formula is C25H30N2O3. The summed E-state index contributed by atoms with van der Waals surface area (Å²) in [6.07, 6.45) is 0.447. The van der Waals surface area contributed by atoms with Crippen LogP contribution in [0.3, 0.4) is 0 Å². The van der Waals surface area contributed by atoms with E-state index in [0.717, 1.165) is 48.2 Å². The van der Waals surface area contributed by atoms with Gasteiger partial charge >= 0.3 is 0 Å². The van der Waals surface area contributed by atoms with Crippen molar-refractivity contribution in [1.82, 2.24) is 9.47 Å². The summed E-state index contributed by atoms with van der Waals surface area (Å²) in [5, 5.41) is 11.4. The fourth-order valence-corrected chi connectivity index (χ4v) is 4.66. The van der Waals surface area contributed by atoms with Gasteiger partial charge in [-0.15, -0.1) is 0 Å². The number of aromatic nitrogens is 1. The topological polar surface area (TPSA) is 54.7 Å². The van der Waals surface area contributed by atoms with Crippen LogP contribution in [-0.2, 0) is 19.5 Å². The van der Waals surface area contributed by atoms with Crippen LogP contribution >= 0.6 is 0 Å². The van der Waals surface area contributed by atoms with E-state index >= 15 is 0 Å². The Morgan fingerprint density at radius 2 is 1.97 bits per heavy atom. The maximum Gasteiger partial charge on any atom is 0.162 e. The van der Waals surface area contributed by atoms with E-state index in [1.54, 1.807) is 6.92 Å². The molecule has 0 bridgehead atoms. The van der Waals surface area contributed by atoms with Gasteiger partial charge in [-0.1, -0.05) is 24.3 Å². The lowest BCUT2D eigenvalue weighted by atomic mass is 10.00. The van der Waals surface area contributed by atoms with Crippen molar-refractivity contribution in [3.05, 3.63) is 64.8 Å². The molecule has 5 heteroatoms. The molecule has 2 heterocycles. The zero-order valence-corrected chi connectivity index (χ0v) is 18.0. The minimum Gasteiger partial charge on any atom is -0.491 e. The molecule has 1 atom stereocenters. The number of carbonyl (C=O) groups is 1. The van der Waals surface area contributed by atoms with Crippen LogP contribution < -0.4 is 4.74 Å². The number of rotatable bonds is 7. The number of ketones is 1. The number of ether oxygens (including phenoxy) is 1. The molecule has 3 aromatic rings. The molecule has 0 saturated heterocycles. The van der Waals surface area contributed by atoms with Gasteiger partial charge in [0.15, 0.2) is 5.78 Å². The molecule has 0 fully saturated rings. The molecule has 158 valence electrons. The number of aliphatic hydroxyl groups is 1. The summed E-state index contributed by atoms with van der Waals surface area (Å²) in [7, 11) is 0. The van der Waals surface area contributed by atoms with Gasteiger partial charge < -0.3 is 14.4 Å². The van der Waals surface area contributed by atoms with Crippen LogP contribution in [0.25, 0.3) is 10.9 Å². The van der Waals surface area contributed by atoms with E-state index < -0.39 is 6.10 Å². The number of Topliss-reactive ketones (excluding diaryl/α,β-unsaturated/α-hetero) is 1. The van der Waals surface area contributed by atoms with Gasteiger partial charge in [-0.2, -0.15) is 0 Å². The monoisotopic (exact) mass is 406 g/mol. The fraction of sp³-hybridized carbons (Fsp3) is 0.400. The third-order valence-electron chi connectivity index (χ3n) is 6.08. The molecule has 4 rings (SSSR count). The first kappa shape index (κ1) is 20.6. The SMILES string of the molecule is CCn1c(C)c(C(C)=O)c2cc(OC[C@@H](O)CN3CCc4ccccc4C3)ccc21. The van der Waals surface area contributed by atoms with Crippen molar-refractivity contribution in [3.8, 4) is 5.75 Å². The van der Waals surface area contributed by atoms with E-state index in [2.05, 4.69) is 40.7 Å². The molecule has 1 aliphatic rings. The van der Waals surface area contributed by atoms with E-state index in [1.165, 1.54) is 11.1 Å². The van der Waals surface area contributed by atoms with E-state index in [1.807, 2.05) is 25.1 Å². The van der Waals surface area contributed by atoms with Crippen molar-refractivity contribution >= 4 is 16.7 Å². The van der Waals surface area contributed by atoms with E-state index in [-0.39, 0.29) is 12.4 Å². The maximum atomic E-state index is 12.2. The van der Waals surface area contributed by atoms with E-state index in [9.17, 15) is 9.90 Å². The van der Waals surface area contributed by atoms with Crippen molar-refractivity contribution in [1.29, 1.82) is 0 Å². The summed E-state index contributed by atoms with van der Waals surface area (Å²) in [6, 6.07) is 14.3. The van der Waals surface area contributed by atoms with Crippen molar-refractivity contribution in [2.45, 2.75) is 46.4 Å². The number of hydrogen-bond donors (Lipinski definition) is 1. The molecule has 1 N–H and O–H groups in total. The summed E-state index contributed by atoms with van der Waals surface area (Å²) < 4.78 is 8.06. The van der Waals surface area contributed by atoms with Crippen molar-refractivity contribution < 1.29 is 14.6 Å². The predicted octanol–water partition coefficient (Wildman–Crippen LogP) is 3.97. The Kier molecular flexibility index (Phi) is 5.93. The normalized spacial score (nSPS) is 15.2. The fourth-order valence-electron chi connectivity index (χ4n) is 4.66. The van der Waals surface area contributed by atoms with Gasteiger partial charge in [0, 0.05) is 48.3 Å². The molecular weight excluding hydrogens is 376 g/mol. The van der Waals surface area contributed by atoms with Crippen LogP contribution in [0.1, 0.15) is 41.0 Å². The number of hydrogen-bond acceptors (Lipinski definition) is 4. The second-order valence-corrected chi connectivity index (χ2v) is 8.16. The second kappa shape index (κ2) is 8.62. The Morgan fingerprint density at radius 3 is 2.70 bits per heavy atom. The Hall–Kier alpha value is -2.63. The molecule has 0 saturated carbocycles. The average molecular weight is 407 g/mol. The number of aryl methyl sites for hydroxylation is 1. The number of β-amino-alcohol motifs (C(OH)–C–C–N with tert-alkyl or cyclic N) is 1. The number of benzene rings is 2. The average Bonchev–Trinajstić information content (AvgIpc) is 3.02. The maximum absolute atomic E-state index is 12.2. The first-order valence-electron chi connectivity index (χ1n) is 10.7. The third kappa shape index (κ3) is 4.00. The zero-order chi connectivity index (χ0) is 21.3. The number of nitrogens with zero attached hydrogens (tertiary/aromatic N) is 2. The van der Waals surface area contributed by atoms with E-state index in [0.29, 0.717) is 12.3 Å². The van der Waals surface area contributed by atoms with Crippen LogP contribution in [0.5, 0.6) is 5.75 Å². The molecule has 1 aliphatic heterocycles. The molecule has 1 aromatic heterocycles. The summed E-state index contributed by atoms with van der Waals surface area (Å²) >= 11 is 0. The van der Waals surface area contributed by atoms with Crippen LogP contribution in [0.2, 0.25) is 0 Å². The first-order chi connectivity index (χ1) is 14.5. The number of fused-ring (bicyclic) bond motifs is 2. The second-order valence-electron chi connectivity index (χ2n) is 8.16. The Balaban J connectivity index is 1.42. The minimum atomic E-state index is -0.569. The molecule has 2 aromatic carbocycles. The van der Waals surface area contributed by atoms with Crippen molar-refractivity contribution in [2.75, 3.05) is 19.7 Å². The Labute approximate surface area is 177 Å². The molecule has 0 radical (unpaired) electrons. The molecule has 30 heavy (non-hydrogen) atoms.